The van der Waals surface area contributed by atoms with Crippen LogP contribution in [0.25, 0.3) is 0 Å². The molecule has 0 spiro atoms. The topological polar surface area (TPSA) is 67.0 Å². The van der Waals surface area contributed by atoms with Gasteiger partial charge in [0.05, 0.1) is 13.5 Å². The van der Waals surface area contributed by atoms with Gasteiger partial charge in [0.25, 0.3) is 0 Å². The molecular formula is C22H23N3O2. The Hall–Kier alpha value is -3.08. The average molecular weight is 361 g/mol. The van der Waals surface area contributed by atoms with Crippen molar-refractivity contribution >= 4 is 11.7 Å². The number of carbonyl (C=O) groups excluding carboxylic acids is 1. The van der Waals surface area contributed by atoms with Crippen molar-refractivity contribution in [3.8, 4) is 5.75 Å². The lowest BCUT2D eigenvalue weighted by Crippen LogP contribution is -2.20. The highest BCUT2D eigenvalue weighted by molar-refractivity contribution is 5.91. The van der Waals surface area contributed by atoms with Gasteiger partial charge in [0.2, 0.25) is 5.91 Å². The van der Waals surface area contributed by atoms with Crippen LogP contribution in [0.15, 0.2) is 60.7 Å². The van der Waals surface area contributed by atoms with E-state index in [2.05, 4.69) is 45.8 Å². The van der Waals surface area contributed by atoms with Gasteiger partial charge in [-0.25, -0.2) is 0 Å². The number of benzene rings is 2. The van der Waals surface area contributed by atoms with Crippen LogP contribution in [0.2, 0.25) is 0 Å². The molecular weight excluding hydrogens is 338 g/mol. The largest absolute Gasteiger partial charge is 0.497 e. The van der Waals surface area contributed by atoms with Gasteiger partial charge in [0.15, 0.2) is 5.82 Å². The second kappa shape index (κ2) is 7.66. The van der Waals surface area contributed by atoms with Crippen LogP contribution in [0, 0.1) is 0 Å². The average Bonchev–Trinajstić information content (AvgIpc) is 3.10. The van der Waals surface area contributed by atoms with Crippen LogP contribution in [0.5, 0.6) is 5.75 Å². The molecule has 27 heavy (non-hydrogen) atoms. The summed E-state index contributed by atoms with van der Waals surface area (Å²) in [7, 11) is 1.63. The van der Waals surface area contributed by atoms with E-state index in [1.54, 1.807) is 7.11 Å². The SMILES string of the molecule is COc1ccc(CC(=O)Nc2cc(C3CC(c4ccccc4)C3)[nH]n2)cc1. The van der Waals surface area contributed by atoms with E-state index in [4.69, 9.17) is 4.74 Å². The van der Waals surface area contributed by atoms with Crippen molar-refractivity contribution in [2.24, 2.45) is 0 Å². The summed E-state index contributed by atoms with van der Waals surface area (Å²) in [6, 6.07) is 20.1. The molecule has 138 valence electrons. The van der Waals surface area contributed by atoms with E-state index in [0.29, 0.717) is 24.1 Å². The lowest BCUT2D eigenvalue weighted by atomic mass is 9.70. The summed E-state index contributed by atoms with van der Waals surface area (Å²) in [6.07, 6.45) is 2.54. The Morgan fingerprint density at radius 3 is 2.56 bits per heavy atom. The number of anilines is 1. The Bertz CT molecular complexity index is 897. The van der Waals surface area contributed by atoms with E-state index in [-0.39, 0.29) is 5.91 Å². The summed E-state index contributed by atoms with van der Waals surface area (Å²) in [5.74, 6) is 2.40. The van der Waals surface area contributed by atoms with Crippen LogP contribution in [0.4, 0.5) is 5.82 Å². The molecule has 3 aromatic rings. The highest BCUT2D eigenvalue weighted by atomic mass is 16.5. The van der Waals surface area contributed by atoms with Gasteiger partial charge in [0, 0.05) is 17.7 Å². The molecule has 1 aliphatic rings. The highest BCUT2D eigenvalue weighted by Gasteiger charge is 2.32. The normalized spacial score (nSPS) is 18.6. The number of hydrogen-bond donors (Lipinski definition) is 2. The summed E-state index contributed by atoms with van der Waals surface area (Å²) in [4.78, 5) is 12.2. The molecule has 5 nitrogen and oxygen atoms in total. The summed E-state index contributed by atoms with van der Waals surface area (Å²) < 4.78 is 5.13. The zero-order valence-corrected chi connectivity index (χ0v) is 15.3. The molecule has 0 aliphatic heterocycles. The van der Waals surface area contributed by atoms with Crippen LogP contribution in [0.1, 0.15) is 41.5 Å². The molecule has 0 radical (unpaired) electrons. The van der Waals surface area contributed by atoms with Crippen molar-refractivity contribution in [3.05, 3.63) is 77.5 Å². The predicted molar refractivity (Wildman–Crippen MR) is 105 cm³/mol. The lowest BCUT2D eigenvalue weighted by Gasteiger charge is -2.34. The van der Waals surface area contributed by atoms with Gasteiger partial charge in [-0.15, -0.1) is 0 Å². The number of nitrogens with one attached hydrogen (secondary N) is 2. The van der Waals surface area contributed by atoms with Gasteiger partial charge in [-0.3, -0.25) is 9.89 Å². The Morgan fingerprint density at radius 2 is 1.85 bits per heavy atom. The molecule has 0 atom stereocenters. The predicted octanol–water partition coefficient (Wildman–Crippen LogP) is 4.26. The van der Waals surface area contributed by atoms with E-state index in [0.717, 1.165) is 29.8 Å². The Morgan fingerprint density at radius 1 is 1.11 bits per heavy atom. The minimum absolute atomic E-state index is 0.0750. The van der Waals surface area contributed by atoms with Crippen LogP contribution in [-0.4, -0.2) is 23.2 Å². The third kappa shape index (κ3) is 4.03. The minimum Gasteiger partial charge on any atom is -0.497 e. The smallest absolute Gasteiger partial charge is 0.229 e. The van der Waals surface area contributed by atoms with Crippen molar-refractivity contribution < 1.29 is 9.53 Å². The second-order valence-electron chi connectivity index (χ2n) is 7.06. The third-order valence-electron chi connectivity index (χ3n) is 5.24. The number of ether oxygens (including phenoxy) is 1. The lowest BCUT2D eigenvalue weighted by molar-refractivity contribution is -0.115. The summed E-state index contributed by atoms with van der Waals surface area (Å²) in [5.41, 5.74) is 3.44. The monoisotopic (exact) mass is 361 g/mol. The van der Waals surface area contributed by atoms with Gasteiger partial charge in [-0.2, -0.15) is 5.10 Å². The number of H-pyrrole nitrogens is 1. The zero-order valence-electron chi connectivity index (χ0n) is 15.3. The number of rotatable bonds is 6. The molecule has 2 aromatic carbocycles. The Labute approximate surface area is 158 Å². The summed E-state index contributed by atoms with van der Waals surface area (Å²) >= 11 is 0. The first-order valence-corrected chi connectivity index (χ1v) is 9.24. The van der Waals surface area contributed by atoms with E-state index >= 15 is 0 Å². The van der Waals surface area contributed by atoms with Crippen LogP contribution >= 0.6 is 0 Å². The number of methoxy groups -OCH3 is 1. The van der Waals surface area contributed by atoms with Crippen molar-refractivity contribution in [3.63, 3.8) is 0 Å². The number of hydrogen-bond acceptors (Lipinski definition) is 3. The van der Waals surface area contributed by atoms with Crippen LogP contribution in [0.3, 0.4) is 0 Å². The molecule has 0 bridgehead atoms. The standard InChI is InChI=1S/C22H23N3O2/c1-27-19-9-7-15(8-10-19)11-22(26)23-21-14-20(24-25-21)18-12-17(13-18)16-5-3-2-4-6-16/h2-10,14,17-18H,11-13H2,1H3,(H2,23,24,25,26). The van der Waals surface area contributed by atoms with Crippen molar-refractivity contribution in [2.75, 3.05) is 12.4 Å². The zero-order chi connectivity index (χ0) is 18.6. The van der Waals surface area contributed by atoms with E-state index in [1.807, 2.05) is 30.3 Å². The van der Waals surface area contributed by atoms with Crippen LogP contribution in [-0.2, 0) is 11.2 Å². The number of nitrogens with zero attached hydrogens (tertiary/aromatic N) is 1. The number of aromatic nitrogens is 2. The van der Waals surface area contributed by atoms with Gasteiger partial charge >= 0.3 is 0 Å². The van der Waals surface area contributed by atoms with Gasteiger partial charge in [-0.05, 0) is 42.0 Å². The Balaban J connectivity index is 1.30. The maximum atomic E-state index is 12.2. The first-order valence-electron chi connectivity index (χ1n) is 9.24. The number of aromatic amines is 1. The van der Waals surface area contributed by atoms with Gasteiger partial charge in [-0.1, -0.05) is 42.5 Å². The fourth-order valence-electron chi connectivity index (χ4n) is 3.59. The van der Waals surface area contributed by atoms with Crippen molar-refractivity contribution in [1.29, 1.82) is 0 Å². The van der Waals surface area contributed by atoms with Crippen molar-refractivity contribution in [2.45, 2.75) is 31.1 Å². The minimum atomic E-state index is -0.0750. The molecule has 1 heterocycles. The fraction of sp³-hybridized carbons (Fsp3) is 0.273. The first-order chi connectivity index (χ1) is 13.2. The molecule has 5 heteroatoms. The van der Waals surface area contributed by atoms with Crippen LogP contribution < -0.4 is 10.1 Å². The van der Waals surface area contributed by atoms with Gasteiger partial charge < -0.3 is 10.1 Å². The molecule has 1 amide bonds. The maximum Gasteiger partial charge on any atom is 0.229 e. The quantitative estimate of drug-likeness (QED) is 0.689. The molecule has 1 aromatic heterocycles. The molecule has 1 fully saturated rings. The molecule has 2 N–H and O–H groups in total. The Kier molecular flexibility index (Phi) is 4.92. The van der Waals surface area contributed by atoms with E-state index in [1.165, 1.54) is 5.56 Å². The fourth-order valence-corrected chi connectivity index (χ4v) is 3.59. The molecule has 4 rings (SSSR count). The third-order valence-corrected chi connectivity index (χ3v) is 5.24. The summed E-state index contributed by atoms with van der Waals surface area (Å²) in [5, 5.41) is 10.2. The second-order valence-corrected chi connectivity index (χ2v) is 7.06. The van der Waals surface area contributed by atoms with E-state index < -0.39 is 0 Å². The van der Waals surface area contributed by atoms with Crippen molar-refractivity contribution in [1.82, 2.24) is 10.2 Å². The number of amides is 1. The molecule has 0 unspecified atom stereocenters. The highest BCUT2D eigenvalue weighted by Crippen LogP contribution is 2.47. The molecule has 0 saturated heterocycles. The number of carbonyl (C=O) groups is 1. The van der Waals surface area contributed by atoms with Gasteiger partial charge in [0.1, 0.15) is 5.75 Å². The van der Waals surface area contributed by atoms with E-state index in [9.17, 15) is 4.79 Å². The molecule has 1 saturated carbocycles. The summed E-state index contributed by atoms with van der Waals surface area (Å²) in [6.45, 7) is 0. The maximum absolute atomic E-state index is 12.2. The molecule has 1 aliphatic carbocycles. The first kappa shape index (κ1) is 17.3.